The van der Waals surface area contributed by atoms with Crippen molar-refractivity contribution in [1.82, 2.24) is 55.6 Å². The second kappa shape index (κ2) is 37.7. The van der Waals surface area contributed by atoms with Crippen LogP contribution < -0.4 is 21.3 Å². The van der Waals surface area contributed by atoms with Crippen LogP contribution in [0.5, 0.6) is 0 Å². The number of amides is 11. The van der Waals surface area contributed by atoms with Gasteiger partial charge >= 0.3 is 0 Å². The first-order chi connectivity index (χ1) is 41.8. The zero-order valence-corrected chi connectivity index (χ0v) is 57.9. The van der Waals surface area contributed by atoms with Crippen LogP contribution in [-0.2, 0) is 57.5 Å². The maximum Gasteiger partial charge on any atom is 0.248 e. The van der Waals surface area contributed by atoms with E-state index in [-0.39, 0.29) is 50.0 Å². The van der Waals surface area contributed by atoms with Gasteiger partial charge in [-0.3, -0.25) is 52.7 Å². The predicted molar refractivity (Wildman–Crippen MR) is 342 cm³/mol. The molecular weight excluding hydrogens is 1160 g/mol. The second-order valence-electron chi connectivity index (χ2n) is 26.0. The molecule has 1 fully saturated rings. The van der Waals surface area contributed by atoms with Gasteiger partial charge in [0, 0.05) is 54.7 Å². The van der Waals surface area contributed by atoms with Crippen LogP contribution in [0.25, 0.3) is 0 Å². The summed E-state index contributed by atoms with van der Waals surface area (Å²) in [5.41, 5.74) is 0. The van der Waals surface area contributed by atoms with Crippen molar-refractivity contribution in [2.45, 2.75) is 215 Å². The first-order valence-corrected chi connectivity index (χ1v) is 31.6. The third kappa shape index (κ3) is 21.8. The van der Waals surface area contributed by atoms with Crippen LogP contribution in [0.2, 0.25) is 0 Å². The number of hydrogen-bond donors (Lipinski definition) is 7. The van der Waals surface area contributed by atoms with Crippen molar-refractivity contribution in [3.05, 3.63) is 24.8 Å². The molecule has 1 unspecified atom stereocenters. The average molecular weight is 1280 g/mol. The average Bonchev–Trinajstić information content (AvgIpc) is 3.42. The third-order valence-corrected chi connectivity index (χ3v) is 16.6. The lowest BCUT2D eigenvalue weighted by molar-refractivity contribution is -0.157. The molecular formula is C64H113N11O15. The van der Waals surface area contributed by atoms with Crippen LogP contribution in [0.4, 0.5) is 0 Å². The number of allylic oxidation sites excluding steroid dienone is 1. The van der Waals surface area contributed by atoms with Crippen molar-refractivity contribution in [2.24, 2.45) is 35.5 Å². The van der Waals surface area contributed by atoms with Gasteiger partial charge in [0.05, 0.1) is 32.0 Å². The molecule has 1 aliphatic heterocycles. The van der Waals surface area contributed by atoms with Crippen molar-refractivity contribution in [3.8, 4) is 0 Å². The highest BCUT2D eigenvalue weighted by atomic mass is 16.5. The molecule has 14 atom stereocenters. The van der Waals surface area contributed by atoms with Gasteiger partial charge in [0.25, 0.3) is 0 Å². The summed E-state index contributed by atoms with van der Waals surface area (Å²) in [6.07, 6.45) is 1.87. The molecule has 0 aromatic carbocycles. The molecule has 0 bridgehead atoms. The van der Waals surface area contributed by atoms with Gasteiger partial charge in [-0.25, -0.2) is 0 Å². The molecule has 90 heavy (non-hydrogen) atoms. The fraction of sp³-hybridized carbons (Fsp3) is 0.766. The summed E-state index contributed by atoms with van der Waals surface area (Å²) >= 11 is 0. The molecule has 1 heterocycles. The lowest BCUT2D eigenvalue weighted by atomic mass is 9.93. The van der Waals surface area contributed by atoms with Gasteiger partial charge in [-0.1, -0.05) is 101 Å². The van der Waals surface area contributed by atoms with Crippen LogP contribution in [-0.4, -0.2) is 262 Å². The van der Waals surface area contributed by atoms with Gasteiger partial charge in [-0.2, -0.15) is 0 Å². The van der Waals surface area contributed by atoms with E-state index in [1.165, 1.54) is 83.8 Å². The lowest BCUT2D eigenvalue weighted by Crippen LogP contribution is -2.65. The molecule has 514 valence electrons. The minimum absolute atomic E-state index is 0.0865. The van der Waals surface area contributed by atoms with Gasteiger partial charge in [0.2, 0.25) is 65.0 Å². The summed E-state index contributed by atoms with van der Waals surface area (Å²) in [6, 6.07) is -15.5. The SMILES string of the molecule is C=CCN1C(=O)[C@H](CC)NC(=O)[C@H]([C@H](O)[C@H](C)/C=C/C)N(C)C(=O)[C@H](C(C)C)N(C)C(=O)[C@H](CC(C)C)N(C)C(=O)[C@H](CC(C)C)N(C)C(=O)[C@@H](C)NC(=O)[C@H](C)NC(=O)[C@H](CC(C)C)N(C)C(=O)[C@H](C(C)C)NC(=O)C([C@@H](C)OCCO)N(C)C(=O)[C@H]1CO. The summed E-state index contributed by atoms with van der Waals surface area (Å²) < 4.78 is 5.80. The Kier molecular flexibility index (Phi) is 34.2. The summed E-state index contributed by atoms with van der Waals surface area (Å²) in [5.74, 6) is -11.5. The minimum Gasteiger partial charge on any atom is -0.394 e. The molecule has 1 rings (SSSR count). The topological polar surface area (TPSA) is 328 Å². The van der Waals surface area contributed by atoms with E-state index in [0.29, 0.717) is 0 Å². The molecule has 26 nitrogen and oxygen atoms in total. The van der Waals surface area contributed by atoms with Crippen LogP contribution in [0.1, 0.15) is 136 Å². The first kappa shape index (κ1) is 81.5. The molecule has 11 amide bonds. The van der Waals surface area contributed by atoms with Crippen molar-refractivity contribution in [3.63, 3.8) is 0 Å². The van der Waals surface area contributed by atoms with Gasteiger partial charge < -0.3 is 75.6 Å². The summed E-state index contributed by atoms with van der Waals surface area (Å²) in [6.45, 7) is 28.4. The Hall–Kier alpha value is -6.51. The molecule has 0 aliphatic carbocycles. The Balaban J connectivity index is 4.53. The number of rotatable bonds is 19. The maximum absolute atomic E-state index is 15.2. The van der Waals surface area contributed by atoms with Crippen LogP contribution in [0.3, 0.4) is 0 Å². The summed E-state index contributed by atoms with van der Waals surface area (Å²) in [4.78, 5) is 170. The maximum atomic E-state index is 15.2. The molecule has 7 N–H and O–H groups in total. The largest absolute Gasteiger partial charge is 0.394 e. The predicted octanol–water partition coefficient (Wildman–Crippen LogP) is 1.15. The number of ether oxygens (including phenoxy) is 1. The molecule has 1 aliphatic rings. The van der Waals surface area contributed by atoms with Crippen molar-refractivity contribution in [1.29, 1.82) is 0 Å². The van der Waals surface area contributed by atoms with E-state index in [0.717, 1.165) is 19.6 Å². The number of aliphatic hydroxyl groups excluding tert-OH is 3. The normalized spacial score (nSPS) is 27.2. The lowest BCUT2D eigenvalue weighted by Gasteiger charge is -2.41. The summed E-state index contributed by atoms with van der Waals surface area (Å²) in [7, 11) is 8.13. The highest BCUT2D eigenvalue weighted by Crippen LogP contribution is 2.26. The third-order valence-electron chi connectivity index (χ3n) is 16.6. The van der Waals surface area contributed by atoms with E-state index in [1.54, 1.807) is 60.6 Å². The summed E-state index contributed by atoms with van der Waals surface area (Å²) in [5, 5.41) is 43.7. The molecule has 0 aromatic rings. The van der Waals surface area contributed by atoms with Gasteiger partial charge in [0.1, 0.15) is 66.5 Å². The molecule has 0 spiro atoms. The Bertz CT molecular complexity index is 2470. The number of carbonyl (C=O) groups is 11. The quantitative estimate of drug-likeness (QED) is 0.0893. The monoisotopic (exact) mass is 1280 g/mol. The zero-order chi connectivity index (χ0) is 69.7. The molecule has 1 saturated heterocycles. The smallest absolute Gasteiger partial charge is 0.248 e. The molecule has 0 saturated carbocycles. The van der Waals surface area contributed by atoms with Crippen molar-refractivity contribution < 1.29 is 72.8 Å². The first-order valence-electron chi connectivity index (χ1n) is 31.6. The van der Waals surface area contributed by atoms with Crippen LogP contribution >= 0.6 is 0 Å². The number of hydrogen-bond acceptors (Lipinski definition) is 15. The Labute approximate surface area is 535 Å². The van der Waals surface area contributed by atoms with Crippen LogP contribution in [0, 0.1) is 35.5 Å². The number of aliphatic hydroxyl groups is 3. The van der Waals surface area contributed by atoms with E-state index in [2.05, 4.69) is 27.8 Å². The van der Waals surface area contributed by atoms with Gasteiger partial charge in [-0.15, -0.1) is 6.58 Å². The standard InChI is InChI=1S/C64H113N11O15/c1-24-27-40(14)53(78)52-57(82)67-44(26-3)59(84)75(28-25-2)48(34-77)62(87)73(22)51(43(17)90-30-29-76)56(81)68-49(38(10)11)63(88)69(18)45(31-35(4)5)55(80)65-41(15)54(79)66-42(16)58(83)70(19)46(32-36(6)7)60(85)71(20)47(33-37(8)9)61(86)72(21)50(39(12)13)64(89)74(52)23/h24-25,27,35-53,76-78H,2,26,28-34H2,1,3-23H3,(H,65,80)(H,66,79)(H,67,82)(H,68,81)/b27-24+/t40-,41+,42-,43-,44+,45+,46+,47+,48-,49+,50+,51?,52+,53-/m1/s1. The number of carbonyl (C=O) groups excluding carboxylic acids is 11. The number of nitrogens with zero attached hydrogens (tertiary/aromatic N) is 7. The van der Waals surface area contributed by atoms with E-state index >= 15 is 9.59 Å². The Morgan fingerprint density at radius 3 is 1.41 bits per heavy atom. The van der Waals surface area contributed by atoms with Gasteiger partial charge in [0.15, 0.2) is 0 Å². The van der Waals surface area contributed by atoms with E-state index in [4.69, 9.17) is 4.74 Å². The van der Waals surface area contributed by atoms with E-state index in [1.807, 2.05) is 41.5 Å². The molecule has 0 aromatic heterocycles. The van der Waals surface area contributed by atoms with Crippen molar-refractivity contribution in [2.75, 3.05) is 68.7 Å². The van der Waals surface area contributed by atoms with E-state index in [9.17, 15) is 58.5 Å². The Morgan fingerprint density at radius 1 is 0.511 bits per heavy atom. The highest BCUT2D eigenvalue weighted by Gasteiger charge is 2.47. The number of likely N-dealkylation sites (N-methyl/N-ethyl adjacent to an activating group) is 6. The molecule has 26 heteroatoms. The second-order valence-corrected chi connectivity index (χ2v) is 26.0. The molecule has 0 radical (unpaired) electrons. The fourth-order valence-electron chi connectivity index (χ4n) is 11.3. The Morgan fingerprint density at radius 2 is 0.956 bits per heavy atom. The van der Waals surface area contributed by atoms with Crippen LogP contribution in [0.15, 0.2) is 24.8 Å². The van der Waals surface area contributed by atoms with Gasteiger partial charge in [-0.05, 0) is 83.0 Å². The van der Waals surface area contributed by atoms with Crippen molar-refractivity contribution >= 4 is 65.0 Å². The van der Waals surface area contributed by atoms with E-state index < -0.39 is 181 Å². The minimum atomic E-state index is -1.77. The fourth-order valence-corrected chi connectivity index (χ4v) is 11.3. The highest BCUT2D eigenvalue weighted by molar-refractivity contribution is 6.00. The number of nitrogens with one attached hydrogen (secondary N) is 4. The zero-order valence-electron chi connectivity index (χ0n) is 57.9.